The largest absolute Gasteiger partial charge is 0.292 e. The molecule has 0 saturated heterocycles. The highest BCUT2D eigenvalue weighted by molar-refractivity contribution is 5.75. The standard InChI is InChI=1S/C11H12N2O2/c1-11(2)7-12-6-8-3-4-9(13(14)15)5-10(8)11/h3-5,7H,6H2,1-2H3. The predicted octanol–water partition coefficient (Wildman–Crippen LogP) is 2.46. The Morgan fingerprint density at radius 3 is 2.87 bits per heavy atom. The van der Waals surface area contributed by atoms with Gasteiger partial charge in [0.2, 0.25) is 0 Å². The number of aliphatic imine (C=N–C) groups is 1. The minimum absolute atomic E-state index is 0.150. The van der Waals surface area contributed by atoms with Gasteiger partial charge in [0.15, 0.2) is 0 Å². The molecule has 1 aromatic rings. The first kappa shape index (κ1) is 9.83. The molecule has 4 heteroatoms. The molecule has 0 unspecified atom stereocenters. The van der Waals surface area contributed by atoms with Crippen molar-refractivity contribution in [2.24, 2.45) is 4.99 Å². The maximum Gasteiger partial charge on any atom is 0.269 e. The fraction of sp³-hybridized carbons (Fsp3) is 0.364. The Balaban J connectivity index is 2.57. The summed E-state index contributed by atoms with van der Waals surface area (Å²) < 4.78 is 0. The van der Waals surface area contributed by atoms with Crippen molar-refractivity contribution in [3.8, 4) is 0 Å². The quantitative estimate of drug-likeness (QED) is 0.521. The van der Waals surface area contributed by atoms with E-state index in [0.717, 1.165) is 11.1 Å². The average molecular weight is 204 g/mol. The van der Waals surface area contributed by atoms with Gasteiger partial charge in [-0.1, -0.05) is 19.9 Å². The third-order valence-electron chi connectivity index (χ3n) is 2.67. The van der Waals surface area contributed by atoms with Gasteiger partial charge >= 0.3 is 0 Å². The van der Waals surface area contributed by atoms with Gasteiger partial charge in [0.05, 0.1) is 11.5 Å². The van der Waals surface area contributed by atoms with E-state index < -0.39 is 0 Å². The van der Waals surface area contributed by atoms with Crippen LogP contribution in [0.2, 0.25) is 0 Å². The average Bonchev–Trinajstić information content (AvgIpc) is 2.17. The molecule has 0 bridgehead atoms. The van der Waals surface area contributed by atoms with E-state index in [9.17, 15) is 10.1 Å². The molecular weight excluding hydrogens is 192 g/mol. The van der Waals surface area contributed by atoms with E-state index >= 15 is 0 Å². The number of hydrogen-bond acceptors (Lipinski definition) is 3. The van der Waals surface area contributed by atoms with Crippen molar-refractivity contribution < 1.29 is 4.92 Å². The van der Waals surface area contributed by atoms with Crippen LogP contribution >= 0.6 is 0 Å². The molecule has 0 radical (unpaired) electrons. The Morgan fingerprint density at radius 2 is 2.20 bits per heavy atom. The van der Waals surface area contributed by atoms with Gasteiger partial charge in [-0.25, -0.2) is 0 Å². The van der Waals surface area contributed by atoms with Crippen molar-refractivity contribution in [2.75, 3.05) is 0 Å². The molecule has 1 heterocycles. The van der Waals surface area contributed by atoms with Crippen molar-refractivity contribution in [2.45, 2.75) is 25.8 Å². The molecule has 0 aliphatic carbocycles. The summed E-state index contributed by atoms with van der Waals surface area (Å²) in [4.78, 5) is 14.6. The van der Waals surface area contributed by atoms with Gasteiger partial charge in [0.1, 0.15) is 0 Å². The van der Waals surface area contributed by atoms with Crippen LogP contribution in [0.1, 0.15) is 25.0 Å². The van der Waals surface area contributed by atoms with Gasteiger partial charge in [0.25, 0.3) is 5.69 Å². The number of nitrogens with zero attached hydrogens (tertiary/aromatic N) is 2. The summed E-state index contributed by atoms with van der Waals surface area (Å²) >= 11 is 0. The SMILES string of the molecule is CC1(C)C=NCc2ccc([N+](=O)[O-])cc21. The number of rotatable bonds is 1. The normalized spacial score (nSPS) is 17.2. The monoisotopic (exact) mass is 204 g/mol. The van der Waals surface area contributed by atoms with E-state index in [1.165, 1.54) is 6.07 Å². The zero-order valence-electron chi connectivity index (χ0n) is 8.73. The van der Waals surface area contributed by atoms with Gasteiger partial charge in [-0.05, 0) is 11.1 Å². The molecule has 1 aliphatic heterocycles. The summed E-state index contributed by atoms with van der Waals surface area (Å²) in [7, 11) is 0. The van der Waals surface area contributed by atoms with Crippen molar-refractivity contribution in [3.63, 3.8) is 0 Å². The zero-order chi connectivity index (χ0) is 11.1. The maximum atomic E-state index is 10.7. The summed E-state index contributed by atoms with van der Waals surface area (Å²) in [5.74, 6) is 0. The third-order valence-corrected chi connectivity index (χ3v) is 2.67. The fourth-order valence-electron chi connectivity index (χ4n) is 1.86. The van der Waals surface area contributed by atoms with Crippen LogP contribution in [0.25, 0.3) is 0 Å². The van der Waals surface area contributed by atoms with Crippen molar-refractivity contribution in [1.29, 1.82) is 0 Å². The maximum absolute atomic E-state index is 10.7. The van der Waals surface area contributed by atoms with E-state index in [1.807, 2.05) is 20.1 Å². The highest BCUT2D eigenvalue weighted by atomic mass is 16.6. The number of nitro benzene ring substituents is 1. The molecule has 0 aromatic heterocycles. The Morgan fingerprint density at radius 1 is 1.47 bits per heavy atom. The lowest BCUT2D eigenvalue weighted by Crippen LogP contribution is -2.24. The molecule has 0 fully saturated rings. The van der Waals surface area contributed by atoms with Crippen LogP contribution in [0.4, 0.5) is 5.69 Å². The van der Waals surface area contributed by atoms with Crippen LogP contribution < -0.4 is 0 Å². The molecular formula is C11H12N2O2. The lowest BCUT2D eigenvalue weighted by molar-refractivity contribution is -0.385. The van der Waals surface area contributed by atoms with Crippen molar-refractivity contribution >= 4 is 11.9 Å². The van der Waals surface area contributed by atoms with Gasteiger partial charge in [-0.15, -0.1) is 0 Å². The minimum Gasteiger partial charge on any atom is -0.292 e. The first-order valence-electron chi connectivity index (χ1n) is 4.79. The number of hydrogen-bond donors (Lipinski definition) is 0. The molecule has 0 atom stereocenters. The molecule has 1 aliphatic rings. The highest BCUT2D eigenvalue weighted by Gasteiger charge is 2.26. The van der Waals surface area contributed by atoms with Gasteiger partial charge < -0.3 is 0 Å². The molecule has 4 nitrogen and oxygen atoms in total. The van der Waals surface area contributed by atoms with Crippen LogP contribution in [0.3, 0.4) is 0 Å². The summed E-state index contributed by atoms with van der Waals surface area (Å²) in [6.07, 6.45) is 1.86. The lowest BCUT2D eigenvalue weighted by Gasteiger charge is -2.26. The van der Waals surface area contributed by atoms with E-state index in [0.29, 0.717) is 6.54 Å². The molecule has 78 valence electrons. The van der Waals surface area contributed by atoms with E-state index in [1.54, 1.807) is 12.1 Å². The molecule has 2 rings (SSSR count). The van der Waals surface area contributed by atoms with Gasteiger partial charge in [-0.3, -0.25) is 15.1 Å². The Labute approximate surface area is 87.8 Å². The number of nitro groups is 1. The number of benzene rings is 1. The van der Waals surface area contributed by atoms with E-state index in [-0.39, 0.29) is 16.0 Å². The first-order valence-corrected chi connectivity index (χ1v) is 4.79. The van der Waals surface area contributed by atoms with E-state index in [4.69, 9.17) is 0 Å². The zero-order valence-corrected chi connectivity index (χ0v) is 8.73. The second-order valence-corrected chi connectivity index (χ2v) is 4.29. The Kier molecular flexibility index (Phi) is 2.07. The van der Waals surface area contributed by atoms with Crippen molar-refractivity contribution in [1.82, 2.24) is 0 Å². The van der Waals surface area contributed by atoms with Crippen LogP contribution in [0.5, 0.6) is 0 Å². The van der Waals surface area contributed by atoms with Crippen LogP contribution in [-0.4, -0.2) is 11.1 Å². The second-order valence-electron chi connectivity index (χ2n) is 4.29. The number of non-ortho nitro benzene ring substituents is 1. The van der Waals surface area contributed by atoms with E-state index in [2.05, 4.69) is 4.99 Å². The van der Waals surface area contributed by atoms with Crippen LogP contribution in [-0.2, 0) is 12.0 Å². The summed E-state index contributed by atoms with van der Waals surface area (Å²) in [6.45, 7) is 4.65. The number of fused-ring (bicyclic) bond motifs is 1. The highest BCUT2D eigenvalue weighted by Crippen LogP contribution is 2.31. The minimum atomic E-state index is -0.359. The summed E-state index contributed by atoms with van der Waals surface area (Å²) in [5.41, 5.74) is 2.02. The smallest absolute Gasteiger partial charge is 0.269 e. The predicted molar refractivity (Wildman–Crippen MR) is 58.3 cm³/mol. The van der Waals surface area contributed by atoms with Crippen LogP contribution in [0.15, 0.2) is 23.2 Å². The molecule has 15 heavy (non-hydrogen) atoms. The van der Waals surface area contributed by atoms with Gasteiger partial charge in [-0.2, -0.15) is 0 Å². The first-order chi connectivity index (χ1) is 7.00. The summed E-state index contributed by atoms with van der Waals surface area (Å²) in [5, 5.41) is 10.7. The second kappa shape index (κ2) is 3.15. The fourth-order valence-corrected chi connectivity index (χ4v) is 1.86. The Bertz CT molecular complexity index is 450. The lowest BCUT2D eigenvalue weighted by atomic mass is 9.81. The molecule has 0 amide bonds. The molecule has 1 aromatic carbocycles. The molecule has 0 saturated carbocycles. The topological polar surface area (TPSA) is 55.5 Å². The summed E-state index contributed by atoms with van der Waals surface area (Å²) in [6, 6.07) is 4.99. The molecule has 0 N–H and O–H groups in total. The van der Waals surface area contributed by atoms with Crippen molar-refractivity contribution in [3.05, 3.63) is 39.4 Å². The van der Waals surface area contributed by atoms with Crippen LogP contribution in [0, 0.1) is 10.1 Å². The third kappa shape index (κ3) is 1.63. The Hall–Kier alpha value is -1.71. The van der Waals surface area contributed by atoms with Gasteiger partial charge in [0, 0.05) is 23.8 Å². The molecule has 0 spiro atoms.